The first-order chi connectivity index (χ1) is 11.5. The summed E-state index contributed by atoms with van der Waals surface area (Å²) >= 11 is 7.21. The number of aromatic nitrogens is 2. The Hall–Kier alpha value is -2.11. The van der Waals surface area contributed by atoms with Gasteiger partial charge in [0, 0.05) is 16.1 Å². The van der Waals surface area contributed by atoms with Crippen LogP contribution in [0.2, 0.25) is 5.02 Å². The first-order valence-electron chi connectivity index (χ1n) is 7.40. The highest BCUT2D eigenvalue weighted by molar-refractivity contribution is 8.00. The molecule has 2 aromatic carbocycles. The lowest BCUT2D eigenvalue weighted by molar-refractivity contribution is 0.0993. The molecule has 3 aromatic rings. The molecule has 4 nitrogen and oxygen atoms in total. The van der Waals surface area contributed by atoms with Crippen LogP contribution in [0.3, 0.4) is 0 Å². The average molecular weight is 359 g/mol. The Bertz CT molecular complexity index is 861. The molecular formula is C18H15ClN2O2S. The molecule has 1 heterocycles. The maximum Gasteiger partial charge on any atom is 0.277 e. The maximum absolute atomic E-state index is 12.5. The Balaban J connectivity index is 1.72. The van der Waals surface area contributed by atoms with Gasteiger partial charge in [-0.1, -0.05) is 59.3 Å². The molecule has 0 aliphatic carbocycles. The van der Waals surface area contributed by atoms with Crippen LogP contribution in [-0.2, 0) is 0 Å². The van der Waals surface area contributed by atoms with Crippen molar-refractivity contribution in [1.29, 1.82) is 0 Å². The number of hydrogen-bond acceptors (Lipinski definition) is 5. The van der Waals surface area contributed by atoms with Gasteiger partial charge >= 0.3 is 0 Å². The van der Waals surface area contributed by atoms with Crippen molar-refractivity contribution in [2.75, 3.05) is 0 Å². The lowest BCUT2D eigenvalue weighted by atomic mass is 10.1. The van der Waals surface area contributed by atoms with Crippen molar-refractivity contribution >= 4 is 29.1 Å². The molecule has 0 bridgehead atoms. The zero-order chi connectivity index (χ0) is 17.1. The number of rotatable bonds is 5. The molecule has 0 saturated carbocycles. The normalized spacial score (nSPS) is 12.1. The summed E-state index contributed by atoms with van der Waals surface area (Å²) in [5, 5.41) is 8.66. The average Bonchev–Trinajstić information content (AvgIpc) is 3.03. The summed E-state index contributed by atoms with van der Waals surface area (Å²) in [7, 11) is 0. The summed E-state index contributed by atoms with van der Waals surface area (Å²) in [6.07, 6.45) is 0. The number of carbonyl (C=O) groups excluding carboxylic acids is 1. The minimum atomic E-state index is -0.319. The molecule has 1 aromatic heterocycles. The van der Waals surface area contributed by atoms with Gasteiger partial charge in [0.15, 0.2) is 5.78 Å². The minimum absolute atomic E-state index is 0.0301. The molecule has 0 fully saturated rings. The minimum Gasteiger partial charge on any atom is -0.411 e. The van der Waals surface area contributed by atoms with E-state index in [1.54, 1.807) is 12.1 Å². The van der Waals surface area contributed by atoms with Crippen molar-refractivity contribution < 1.29 is 9.21 Å². The Morgan fingerprint density at radius 2 is 1.92 bits per heavy atom. The van der Waals surface area contributed by atoms with E-state index >= 15 is 0 Å². The summed E-state index contributed by atoms with van der Waals surface area (Å²) in [6, 6.07) is 14.7. The number of benzene rings is 2. The SMILES string of the molecule is Cc1ccc(C(=O)[C@H](C)Sc2nnc(-c3cccc(Cl)c3)o2)cc1. The third-order valence-corrected chi connectivity index (χ3v) is 4.63. The second kappa shape index (κ2) is 7.20. The van der Waals surface area contributed by atoms with Crippen LogP contribution < -0.4 is 0 Å². The van der Waals surface area contributed by atoms with Crippen LogP contribution in [0.1, 0.15) is 22.8 Å². The molecule has 0 spiro atoms. The van der Waals surface area contributed by atoms with Crippen LogP contribution in [0.5, 0.6) is 0 Å². The van der Waals surface area contributed by atoms with E-state index in [2.05, 4.69) is 10.2 Å². The van der Waals surface area contributed by atoms with Gasteiger partial charge in [0.1, 0.15) is 0 Å². The van der Waals surface area contributed by atoms with Gasteiger partial charge in [-0.3, -0.25) is 4.79 Å². The van der Waals surface area contributed by atoms with Gasteiger partial charge in [0.05, 0.1) is 5.25 Å². The van der Waals surface area contributed by atoms with Gasteiger partial charge in [0.25, 0.3) is 5.22 Å². The highest BCUT2D eigenvalue weighted by Crippen LogP contribution is 2.28. The van der Waals surface area contributed by atoms with Crippen molar-refractivity contribution in [2.45, 2.75) is 24.3 Å². The van der Waals surface area contributed by atoms with Crippen molar-refractivity contribution in [1.82, 2.24) is 10.2 Å². The van der Waals surface area contributed by atoms with Crippen molar-refractivity contribution in [2.24, 2.45) is 0 Å². The summed E-state index contributed by atoms with van der Waals surface area (Å²) < 4.78 is 5.63. The van der Waals surface area contributed by atoms with Crippen LogP contribution in [0, 0.1) is 6.92 Å². The Kier molecular flexibility index (Phi) is 5.02. The number of hydrogen-bond donors (Lipinski definition) is 0. The van der Waals surface area contributed by atoms with E-state index in [4.69, 9.17) is 16.0 Å². The van der Waals surface area contributed by atoms with Gasteiger partial charge in [-0.05, 0) is 32.0 Å². The quantitative estimate of drug-likeness (QED) is 0.471. The van der Waals surface area contributed by atoms with Gasteiger partial charge in [-0.2, -0.15) is 0 Å². The molecule has 0 amide bonds. The van der Waals surface area contributed by atoms with Crippen LogP contribution in [0.4, 0.5) is 0 Å². The molecule has 0 radical (unpaired) electrons. The van der Waals surface area contributed by atoms with E-state index in [1.807, 2.05) is 50.2 Å². The highest BCUT2D eigenvalue weighted by atomic mass is 35.5. The summed E-state index contributed by atoms with van der Waals surface area (Å²) in [5.41, 5.74) is 2.55. The van der Waals surface area contributed by atoms with Gasteiger partial charge in [0.2, 0.25) is 5.89 Å². The smallest absolute Gasteiger partial charge is 0.277 e. The third kappa shape index (κ3) is 3.86. The number of nitrogens with zero attached hydrogens (tertiary/aromatic N) is 2. The zero-order valence-corrected chi connectivity index (χ0v) is 14.8. The largest absolute Gasteiger partial charge is 0.411 e. The second-order valence-corrected chi connectivity index (χ2v) is 7.10. The predicted molar refractivity (Wildman–Crippen MR) is 95.6 cm³/mol. The van der Waals surface area contributed by atoms with Crippen LogP contribution in [0.25, 0.3) is 11.5 Å². The Morgan fingerprint density at radius 1 is 1.17 bits per heavy atom. The number of Topliss-reactive ketones (excluding diaryl/α,β-unsaturated/α-hetero) is 1. The standard InChI is InChI=1S/C18H15ClN2O2S/c1-11-6-8-13(9-7-11)16(22)12(2)24-18-21-20-17(23-18)14-4-3-5-15(19)10-14/h3-10,12H,1-2H3/t12-/m0/s1. The van der Waals surface area contributed by atoms with Crippen molar-refractivity contribution in [3.05, 3.63) is 64.7 Å². The van der Waals surface area contributed by atoms with E-state index in [0.717, 1.165) is 11.1 Å². The van der Waals surface area contributed by atoms with Crippen molar-refractivity contribution in [3.8, 4) is 11.5 Å². The fourth-order valence-corrected chi connectivity index (χ4v) is 3.10. The second-order valence-electron chi connectivity index (χ2n) is 5.37. The molecule has 122 valence electrons. The van der Waals surface area contributed by atoms with Crippen LogP contribution in [0.15, 0.2) is 58.2 Å². The van der Waals surface area contributed by atoms with Gasteiger partial charge < -0.3 is 4.42 Å². The molecule has 0 saturated heterocycles. The lowest BCUT2D eigenvalue weighted by Crippen LogP contribution is -2.13. The maximum atomic E-state index is 12.5. The molecule has 0 aliphatic heterocycles. The number of thioether (sulfide) groups is 1. The number of aryl methyl sites for hydroxylation is 1. The molecule has 24 heavy (non-hydrogen) atoms. The monoisotopic (exact) mass is 358 g/mol. The fourth-order valence-electron chi connectivity index (χ4n) is 2.15. The van der Waals surface area contributed by atoms with Gasteiger partial charge in [-0.15, -0.1) is 10.2 Å². The lowest BCUT2D eigenvalue weighted by Gasteiger charge is -2.07. The first-order valence-corrected chi connectivity index (χ1v) is 8.65. The van der Waals surface area contributed by atoms with E-state index in [-0.39, 0.29) is 11.0 Å². The number of carbonyl (C=O) groups is 1. The van der Waals surface area contributed by atoms with E-state index in [0.29, 0.717) is 21.7 Å². The first kappa shape index (κ1) is 16.7. The molecule has 1 atom stereocenters. The molecule has 0 unspecified atom stereocenters. The summed E-state index contributed by atoms with van der Waals surface area (Å²) in [6.45, 7) is 3.82. The summed E-state index contributed by atoms with van der Waals surface area (Å²) in [4.78, 5) is 12.5. The molecule has 0 N–H and O–H groups in total. The van der Waals surface area contributed by atoms with Gasteiger partial charge in [-0.25, -0.2) is 0 Å². The third-order valence-electron chi connectivity index (χ3n) is 3.46. The van der Waals surface area contributed by atoms with E-state index in [1.165, 1.54) is 11.8 Å². The van der Waals surface area contributed by atoms with Crippen LogP contribution >= 0.6 is 23.4 Å². The Morgan fingerprint density at radius 3 is 2.62 bits per heavy atom. The molecule has 6 heteroatoms. The van der Waals surface area contributed by atoms with E-state index < -0.39 is 0 Å². The molecule has 3 rings (SSSR count). The highest BCUT2D eigenvalue weighted by Gasteiger charge is 2.20. The van der Waals surface area contributed by atoms with Crippen molar-refractivity contribution in [3.63, 3.8) is 0 Å². The van der Waals surface area contributed by atoms with Crippen LogP contribution in [-0.4, -0.2) is 21.2 Å². The number of halogens is 1. The molecular weight excluding hydrogens is 344 g/mol. The summed E-state index contributed by atoms with van der Waals surface area (Å²) in [5.74, 6) is 0.414. The predicted octanol–water partition coefficient (Wildman–Crippen LogP) is 5.06. The zero-order valence-electron chi connectivity index (χ0n) is 13.2. The fraction of sp³-hybridized carbons (Fsp3) is 0.167. The number of ketones is 1. The topological polar surface area (TPSA) is 56.0 Å². The Labute approximate surface area is 149 Å². The van der Waals surface area contributed by atoms with E-state index in [9.17, 15) is 4.79 Å². The molecule has 0 aliphatic rings.